The Morgan fingerprint density at radius 3 is 2.65 bits per heavy atom. The Bertz CT molecular complexity index is 1400. The molecule has 2 aromatic heterocycles. The number of ketones is 1. The topological polar surface area (TPSA) is 78.9 Å². The lowest BCUT2D eigenvalue weighted by atomic mass is 10.1. The van der Waals surface area contributed by atoms with Crippen LogP contribution < -0.4 is 9.47 Å². The molecule has 2 aromatic carbocycles. The largest absolute Gasteiger partial charge is 0.462 e. The van der Waals surface area contributed by atoms with E-state index in [1.54, 1.807) is 49.4 Å². The minimum Gasteiger partial charge on any atom is -0.462 e. The number of furan rings is 2. The van der Waals surface area contributed by atoms with Gasteiger partial charge in [0.15, 0.2) is 5.76 Å². The van der Waals surface area contributed by atoms with Gasteiger partial charge in [0, 0.05) is 21.5 Å². The maximum Gasteiger partial charge on any atom is 0.379 e. The number of carbonyl (C=O) groups is 2. The number of allylic oxidation sites excluding steroid dienone is 1. The van der Waals surface area contributed by atoms with E-state index in [1.807, 2.05) is 19.1 Å². The number of halogens is 1. The summed E-state index contributed by atoms with van der Waals surface area (Å²) in [6.45, 7) is 3.55. The van der Waals surface area contributed by atoms with Gasteiger partial charge in [-0.3, -0.25) is 4.79 Å². The van der Waals surface area contributed by atoms with Crippen molar-refractivity contribution < 1.29 is 27.9 Å². The summed E-state index contributed by atoms with van der Waals surface area (Å²) in [4.78, 5) is 25.3. The minimum absolute atomic E-state index is 0.0822. The number of fused-ring (bicyclic) bond motifs is 2. The highest BCUT2D eigenvalue weighted by atomic mass is 79.9. The van der Waals surface area contributed by atoms with Crippen LogP contribution in [0.2, 0.25) is 0 Å². The van der Waals surface area contributed by atoms with Crippen LogP contribution >= 0.6 is 15.9 Å². The Morgan fingerprint density at radius 2 is 1.87 bits per heavy atom. The van der Waals surface area contributed by atoms with Crippen molar-refractivity contribution in [3.05, 3.63) is 87.2 Å². The number of hydrogen-bond acceptors (Lipinski definition) is 6. The second kappa shape index (κ2) is 7.28. The van der Waals surface area contributed by atoms with Crippen LogP contribution in [0.15, 0.2) is 67.6 Å². The highest BCUT2D eigenvalue weighted by Gasteiger charge is 2.31. The zero-order chi connectivity index (χ0) is 21.7. The smallest absolute Gasteiger partial charge is 0.379 e. The molecule has 6 nitrogen and oxygen atoms in total. The van der Waals surface area contributed by atoms with Gasteiger partial charge in [0.25, 0.3) is 0 Å². The van der Waals surface area contributed by atoms with Crippen molar-refractivity contribution in [2.45, 2.75) is 13.8 Å². The molecule has 3 heterocycles. The van der Waals surface area contributed by atoms with E-state index in [9.17, 15) is 9.59 Å². The van der Waals surface area contributed by atoms with Gasteiger partial charge in [-0.2, -0.15) is 0 Å². The van der Waals surface area contributed by atoms with Crippen LogP contribution in [0.3, 0.4) is 0 Å². The number of esters is 1. The number of rotatable bonds is 3. The van der Waals surface area contributed by atoms with E-state index >= 15 is 0 Å². The molecule has 1 aliphatic heterocycles. The summed E-state index contributed by atoms with van der Waals surface area (Å²) in [5, 5.41) is 0.781. The molecule has 0 bridgehead atoms. The third-order valence-corrected chi connectivity index (χ3v) is 5.45. The molecule has 4 aromatic rings. The lowest BCUT2D eigenvalue weighted by Gasteiger charge is -2.09. The monoisotopic (exact) mass is 478 g/mol. The predicted molar refractivity (Wildman–Crippen MR) is 116 cm³/mol. The molecule has 0 saturated heterocycles. The summed E-state index contributed by atoms with van der Waals surface area (Å²) in [6.07, 6.45) is 1.55. The third kappa shape index (κ3) is 3.47. The zero-order valence-corrected chi connectivity index (χ0v) is 18.1. The molecule has 0 fully saturated rings. The maximum absolute atomic E-state index is 12.7. The van der Waals surface area contributed by atoms with Gasteiger partial charge in [0.05, 0.1) is 5.56 Å². The van der Waals surface area contributed by atoms with Gasteiger partial charge in [-0.25, -0.2) is 4.79 Å². The van der Waals surface area contributed by atoms with Crippen LogP contribution in [0.5, 0.6) is 11.5 Å². The first-order valence-corrected chi connectivity index (χ1v) is 10.2. The molecule has 0 amide bonds. The molecule has 0 unspecified atom stereocenters. The summed E-state index contributed by atoms with van der Waals surface area (Å²) >= 11 is 3.39. The zero-order valence-electron chi connectivity index (χ0n) is 16.5. The van der Waals surface area contributed by atoms with Crippen LogP contribution in [-0.2, 0) is 0 Å². The molecule has 7 heteroatoms. The van der Waals surface area contributed by atoms with E-state index in [-0.39, 0.29) is 23.1 Å². The van der Waals surface area contributed by atoms with E-state index < -0.39 is 5.97 Å². The Kier molecular flexibility index (Phi) is 4.55. The first kappa shape index (κ1) is 19.4. The van der Waals surface area contributed by atoms with Gasteiger partial charge in [0.1, 0.15) is 28.6 Å². The summed E-state index contributed by atoms with van der Waals surface area (Å²) in [7, 11) is 0. The van der Waals surface area contributed by atoms with Crippen molar-refractivity contribution in [3.8, 4) is 11.5 Å². The SMILES string of the molecule is Cc1ccc(/C=C2\Oc3c(ccc(OC(=O)c4cc5cc(Br)ccc5o4)c3C)C2=O)o1. The van der Waals surface area contributed by atoms with Crippen LogP contribution in [0, 0.1) is 13.8 Å². The van der Waals surface area contributed by atoms with Gasteiger partial charge >= 0.3 is 5.97 Å². The molecule has 154 valence electrons. The number of aryl methyl sites for hydroxylation is 1. The van der Waals surface area contributed by atoms with Gasteiger partial charge in [0.2, 0.25) is 11.5 Å². The van der Waals surface area contributed by atoms with Crippen molar-refractivity contribution in [3.63, 3.8) is 0 Å². The van der Waals surface area contributed by atoms with Crippen LogP contribution in [-0.4, -0.2) is 11.8 Å². The molecular formula is C24H15BrO6. The number of hydrogen-bond donors (Lipinski definition) is 0. The quantitative estimate of drug-likeness (QED) is 0.197. The second-order valence-electron chi connectivity index (χ2n) is 7.14. The van der Waals surface area contributed by atoms with Crippen LogP contribution in [0.1, 0.15) is 38.0 Å². The number of Topliss-reactive ketones (excluding diaryl/α,β-unsaturated/α-hetero) is 1. The lowest BCUT2D eigenvalue weighted by Crippen LogP contribution is -2.08. The molecule has 31 heavy (non-hydrogen) atoms. The van der Waals surface area contributed by atoms with E-state index in [1.165, 1.54) is 0 Å². The third-order valence-electron chi connectivity index (χ3n) is 4.95. The molecule has 1 aliphatic rings. The van der Waals surface area contributed by atoms with Gasteiger partial charge in [-0.05, 0) is 62.4 Å². The molecule has 0 N–H and O–H groups in total. The standard InChI is InChI=1S/C24H15BrO6/c1-12-3-5-16(28-12)11-20-22(26)17-6-8-18(13(2)23(17)30-20)31-24(27)21-10-14-9-15(25)4-7-19(14)29-21/h3-11H,1-2H3/b20-11-. The van der Waals surface area contributed by atoms with Crippen molar-refractivity contribution in [2.75, 3.05) is 0 Å². The van der Waals surface area contributed by atoms with Crippen molar-refractivity contribution >= 4 is 44.7 Å². The fourth-order valence-corrected chi connectivity index (χ4v) is 3.78. The summed E-state index contributed by atoms with van der Waals surface area (Å²) in [5.41, 5.74) is 1.52. The Hall–Kier alpha value is -3.58. The average Bonchev–Trinajstić information content (AvgIpc) is 3.42. The minimum atomic E-state index is -0.637. The van der Waals surface area contributed by atoms with E-state index in [0.29, 0.717) is 28.2 Å². The number of carbonyl (C=O) groups excluding carboxylic acids is 2. The Balaban J connectivity index is 1.42. The molecular weight excluding hydrogens is 464 g/mol. The first-order chi connectivity index (χ1) is 14.9. The van der Waals surface area contributed by atoms with Crippen molar-refractivity contribution in [2.24, 2.45) is 0 Å². The maximum atomic E-state index is 12.7. The highest BCUT2D eigenvalue weighted by Crippen LogP contribution is 2.39. The van der Waals surface area contributed by atoms with Gasteiger partial charge in [-0.1, -0.05) is 15.9 Å². The summed E-state index contributed by atoms with van der Waals surface area (Å²) in [5.74, 6) is 1.24. The Labute approximate surface area is 185 Å². The summed E-state index contributed by atoms with van der Waals surface area (Å²) in [6, 6.07) is 13.8. The molecule has 0 spiro atoms. The van der Waals surface area contributed by atoms with E-state index in [0.717, 1.165) is 15.6 Å². The first-order valence-electron chi connectivity index (χ1n) is 9.44. The molecule has 0 saturated carbocycles. The average molecular weight is 479 g/mol. The highest BCUT2D eigenvalue weighted by molar-refractivity contribution is 9.10. The van der Waals surface area contributed by atoms with E-state index in [4.69, 9.17) is 18.3 Å². The molecule has 0 aliphatic carbocycles. The van der Waals surface area contributed by atoms with Crippen LogP contribution in [0.4, 0.5) is 0 Å². The Morgan fingerprint density at radius 1 is 1.03 bits per heavy atom. The predicted octanol–water partition coefficient (Wildman–Crippen LogP) is 6.24. The fraction of sp³-hybridized carbons (Fsp3) is 0.0833. The summed E-state index contributed by atoms with van der Waals surface area (Å²) < 4.78 is 23.3. The molecule has 0 radical (unpaired) electrons. The van der Waals surface area contributed by atoms with Crippen molar-refractivity contribution in [1.82, 2.24) is 0 Å². The number of ether oxygens (including phenoxy) is 2. The number of benzene rings is 2. The second-order valence-corrected chi connectivity index (χ2v) is 8.05. The lowest BCUT2D eigenvalue weighted by molar-refractivity contribution is 0.0702. The van der Waals surface area contributed by atoms with Gasteiger partial charge in [-0.15, -0.1) is 0 Å². The van der Waals surface area contributed by atoms with Gasteiger partial charge < -0.3 is 18.3 Å². The van der Waals surface area contributed by atoms with E-state index in [2.05, 4.69) is 15.9 Å². The molecule has 5 rings (SSSR count). The fourth-order valence-electron chi connectivity index (χ4n) is 3.40. The van der Waals surface area contributed by atoms with Crippen molar-refractivity contribution in [1.29, 1.82) is 0 Å². The van der Waals surface area contributed by atoms with Crippen LogP contribution in [0.25, 0.3) is 17.0 Å². The normalized spacial score (nSPS) is 14.2. The molecule has 0 atom stereocenters.